The predicted octanol–water partition coefficient (Wildman–Crippen LogP) is 0.127. The topological polar surface area (TPSA) is 88.2 Å². The zero-order valence-electron chi connectivity index (χ0n) is 12.6. The molecule has 6 nitrogen and oxygen atoms in total. The third-order valence-corrected chi connectivity index (χ3v) is 3.01. The molecule has 1 aliphatic heterocycles. The normalized spacial score (nSPS) is 21.8. The van der Waals surface area contributed by atoms with Gasteiger partial charge < -0.3 is 19.9 Å². The van der Waals surface area contributed by atoms with E-state index < -0.39 is 17.5 Å². The van der Waals surface area contributed by atoms with Crippen LogP contribution in [0, 0.1) is 11.8 Å². The molecule has 1 unspecified atom stereocenters. The molecule has 0 saturated carbocycles. The number of carbonyl (C=O) groups is 2. The molecule has 1 fully saturated rings. The van der Waals surface area contributed by atoms with Crippen LogP contribution in [-0.2, 0) is 19.1 Å². The molecule has 0 bridgehead atoms. The van der Waals surface area contributed by atoms with Gasteiger partial charge in [0.25, 0.3) is 11.5 Å². The second kappa shape index (κ2) is 9.30. The van der Waals surface area contributed by atoms with Gasteiger partial charge in [0.15, 0.2) is 0 Å². The standard InChI is InChI=1S/C14H25NO5.Ca.2H/c1-9(2)5-11(7-19-6-10(3)4)15-12(16)14(8-20-14)13(17)18;;;/h9-11H,5-8H2,1-4H3,(H,15,16)(H,17,18);;;/t11-,14?;;;/m0.../s1. The molecule has 2 N–H and O–H groups in total. The fourth-order valence-corrected chi connectivity index (χ4v) is 1.91. The summed E-state index contributed by atoms with van der Waals surface area (Å²) in [5, 5.41) is 11.7. The van der Waals surface area contributed by atoms with Crippen LogP contribution < -0.4 is 5.32 Å². The van der Waals surface area contributed by atoms with Gasteiger partial charge in [-0.3, -0.25) is 4.79 Å². The summed E-state index contributed by atoms with van der Waals surface area (Å²) in [4.78, 5) is 23.0. The Morgan fingerprint density at radius 1 is 1.24 bits per heavy atom. The third-order valence-electron chi connectivity index (χ3n) is 3.01. The van der Waals surface area contributed by atoms with E-state index in [0.29, 0.717) is 25.0 Å². The van der Waals surface area contributed by atoms with Crippen molar-refractivity contribution >= 4 is 49.6 Å². The van der Waals surface area contributed by atoms with E-state index in [4.69, 9.17) is 14.6 Å². The van der Waals surface area contributed by atoms with E-state index in [-0.39, 0.29) is 50.4 Å². The van der Waals surface area contributed by atoms with Gasteiger partial charge in [-0.25, -0.2) is 4.79 Å². The van der Waals surface area contributed by atoms with Crippen molar-refractivity contribution in [2.75, 3.05) is 19.8 Å². The van der Waals surface area contributed by atoms with Gasteiger partial charge in [-0.05, 0) is 18.3 Å². The van der Waals surface area contributed by atoms with Gasteiger partial charge in [0.1, 0.15) is 0 Å². The van der Waals surface area contributed by atoms with E-state index in [1.54, 1.807) is 0 Å². The zero-order valence-corrected chi connectivity index (χ0v) is 12.6. The molecule has 0 aromatic heterocycles. The number of epoxide rings is 1. The summed E-state index contributed by atoms with van der Waals surface area (Å²) in [6.07, 6.45) is 0.736. The van der Waals surface area contributed by atoms with Crippen LogP contribution in [0.5, 0.6) is 0 Å². The van der Waals surface area contributed by atoms with Gasteiger partial charge in [0.2, 0.25) is 0 Å². The van der Waals surface area contributed by atoms with Crippen molar-refractivity contribution in [2.45, 2.75) is 45.8 Å². The van der Waals surface area contributed by atoms with E-state index in [1.165, 1.54) is 0 Å². The molecule has 21 heavy (non-hydrogen) atoms. The molecule has 1 amide bonds. The zero-order chi connectivity index (χ0) is 15.3. The molecule has 0 aromatic rings. The Hall–Kier alpha value is 0.120. The Bertz CT molecular complexity index is 355. The summed E-state index contributed by atoms with van der Waals surface area (Å²) in [6, 6.07) is -0.193. The number of aliphatic carboxylic acids is 1. The SMILES string of the molecule is CC(C)COC[C@H](CC(C)C)NC(=O)C1(C(=O)O)CO1.[CaH2]. The number of amides is 1. The first-order chi connectivity index (χ1) is 9.28. The molecule has 2 atom stereocenters. The average Bonchev–Trinajstić information content (AvgIpc) is 3.08. The number of hydrogen-bond donors (Lipinski definition) is 2. The molecule has 1 aliphatic rings. The number of hydrogen-bond acceptors (Lipinski definition) is 4. The Labute approximate surface area is 155 Å². The van der Waals surface area contributed by atoms with Crippen LogP contribution >= 0.6 is 0 Å². The molecular formula is C14H27CaNO5. The maximum atomic E-state index is 12.0. The summed E-state index contributed by atoms with van der Waals surface area (Å²) in [5.41, 5.74) is -1.67. The van der Waals surface area contributed by atoms with Crippen LogP contribution in [0.3, 0.4) is 0 Å². The van der Waals surface area contributed by atoms with E-state index in [2.05, 4.69) is 5.32 Å². The summed E-state index contributed by atoms with van der Waals surface area (Å²) in [5.74, 6) is -1.02. The molecule has 0 aromatic carbocycles. The van der Waals surface area contributed by atoms with Crippen molar-refractivity contribution < 1.29 is 24.2 Å². The first kappa shape index (κ1) is 21.1. The number of carboxylic acid groups (broad SMARTS) is 1. The van der Waals surface area contributed by atoms with Crippen molar-refractivity contribution in [1.29, 1.82) is 0 Å². The van der Waals surface area contributed by atoms with Crippen LogP contribution in [0.1, 0.15) is 34.1 Å². The molecular weight excluding hydrogens is 302 g/mol. The Morgan fingerprint density at radius 2 is 1.81 bits per heavy atom. The van der Waals surface area contributed by atoms with E-state index >= 15 is 0 Å². The molecule has 1 saturated heterocycles. The van der Waals surface area contributed by atoms with Gasteiger partial charge in [-0.15, -0.1) is 0 Å². The summed E-state index contributed by atoms with van der Waals surface area (Å²) < 4.78 is 10.4. The fraction of sp³-hybridized carbons (Fsp3) is 0.857. The van der Waals surface area contributed by atoms with Crippen molar-refractivity contribution in [2.24, 2.45) is 11.8 Å². The van der Waals surface area contributed by atoms with Crippen LogP contribution in [0.15, 0.2) is 0 Å². The summed E-state index contributed by atoms with van der Waals surface area (Å²) >= 11 is 0. The van der Waals surface area contributed by atoms with Gasteiger partial charge in [-0.1, -0.05) is 27.7 Å². The average molecular weight is 329 g/mol. The fourth-order valence-electron chi connectivity index (χ4n) is 1.91. The summed E-state index contributed by atoms with van der Waals surface area (Å²) in [6.45, 7) is 9.13. The summed E-state index contributed by atoms with van der Waals surface area (Å²) in [7, 11) is 0. The van der Waals surface area contributed by atoms with Gasteiger partial charge in [0, 0.05) is 6.61 Å². The minimum atomic E-state index is -1.67. The van der Waals surface area contributed by atoms with Gasteiger partial charge in [-0.2, -0.15) is 0 Å². The van der Waals surface area contributed by atoms with Crippen molar-refractivity contribution in [3.05, 3.63) is 0 Å². The monoisotopic (exact) mass is 329 g/mol. The van der Waals surface area contributed by atoms with E-state index in [9.17, 15) is 9.59 Å². The number of carboxylic acids is 1. The molecule has 0 spiro atoms. The van der Waals surface area contributed by atoms with Crippen LogP contribution in [0.4, 0.5) is 0 Å². The second-order valence-corrected chi connectivity index (χ2v) is 6.15. The molecule has 120 valence electrons. The molecule has 0 aliphatic carbocycles. The minimum absolute atomic E-state index is 0. The first-order valence-corrected chi connectivity index (χ1v) is 7.04. The quantitative estimate of drug-likeness (QED) is 0.357. The van der Waals surface area contributed by atoms with Gasteiger partial charge in [0.05, 0.1) is 19.3 Å². The van der Waals surface area contributed by atoms with E-state index in [1.807, 2.05) is 27.7 Å². The van der Waals surface area contributed by atoms with Crippen LogP contribution in [-0.4, -0.2) is 86.2 Å². The molecule has 1 rings (SSSR count). The number of carbonyl (C=O) groups excluding carboxylic acids is 1. The Morgan fingerprint density at radius 3 is 2.19 bits per heavy atom. The molecule has 1 heterocycles. The predicted molar refractivity (Wildman–Crippen MR) is 81.9 cm³/mol. The number of nitrogens with one attached hydrogen (secondary N) is 1. The van der Waals surface area contributed by atoms with Crippen LogP contribution in [0.2, 0.25) is 0 Å². The molecule has 0 radical (unpaired) electrons. The van der Waals surface area contributed by atoms with Gasteiger partial charge >= 0.3 is 43.7 Å². The van der Waals surface area contributed by atoms with Crippen molar-refractivity contribution in [3.8, 4) is 0 Å². The number of rotatable bonds is 9. The first-order valence-electron chi connectivity index (χ1n) is 7.04. The van der Waals surface area contributed by atoms with Crippen molar-refractivity contribution in [1.82, 2.24) is 5.32 Å². The third kappa shape index (κ3) is 6.82. The van der Waals surface area contributed by atoms with E-state index in [0.717, 1.165) is 6.42 Å². The second-order valence-electron chi connectivity index (χ2n) is 6.15. The number of ether oxygens (including phenoxy) is 2. The van der Waals surface area contributed by atoms with Crippen molar-refractivity contribution in [3.63, 3.8) is 0 Å². The maximum absolute atomic E-state index is 12.0. The van der Waals surface area contributed by atoms with Crippen LogP contribution in [0.25, 0.3) is 0 Å². The Balaban J connectivity index is 0.00000400. The Kier molecular flexibility index (Phi) is 9.35. The molecule has 7 heteroatoms.